The Kier molecular flexibility index (Phi) is 7.11. The summed E-state index contributed by atoms with van der Waals surface area (Å²) in [7, 11) is 0. The van der Waals surface area contributed by atoms with Crippen molar-refractivity contribution >= 4 is 75.4 Å². The Bertz CT molecular complexity index is 3750. The molecule has 276 valence electrons. The first-order chi connectivity index (χ1) is 29.7. The molecule has 0 fully saturated rings. The Morgan fingerprint density at radius 3 is 1.12 bits per heavy atom. The molecule has 0 nitrogen and oxygen atoms in total. The third kappa shape index (κ3) is 4.98. The molecule has 0 atom stereocenters. The molecule has 0 unspecified atom stereocenters. The molecule has 13 rings (SSSR count). The molecule has 60 heavy (non-hydrogen) atoms. The van der Waals surface area contributed by atoms with Crippen LogP contribution < -0.4 is 0 Å². The van der Waals surface area contributed by atoms with E-state index in [1.807, 2.05) is 0 Å². The third-order valence-electron chi connectivity index (χ3n) is 13.2. The van der Waals surface area contributed by atoms with Crippen LogP contribution in [0.5, 0.6) is 0 Å². The highest BCUT2D eigenvalue weighted by Crippen LogP contribution is 2.44. The molecule has 0 heterocycles. The van der Waals surface area contributed by atoms with Crippen LogP contribution in [0.3, 0.4) is 0 Å². The van der Waals surface area contributed by atoms with Gasteiger partial charge in [0.1, 0.15) is 0 Å². The Morgan fingerprint density at radius 1 is 0.183 bits per heavy atom. The van der Waals surface area contributed by atoms with Gasteiger partial charge in [-0.15, -0.1) is 0 Å². The fourth-order valence-electron chi connectivity index (χ4n) is 10.3. The summed E-state index contributed by atoms with van der Waals surface area (Å²) in [6.45, 7) is 0. The van der Waals surface area contributed by atoms with E-state index in [4.69, 9.17) is 0 Å². The van der Waals surface area contributed by atoms with Gasteiger partial charge in [-0.05, 0) is 137 Å². The van der Waals surface area contributed by atoms with E-state index < -0.39 is 0 Å². The standard InChI is InChI=1S/C60H36/c1-2-6-38(7-3-1)52-33-29-49-36-48(37-12-14-39(15-13-37)50-30-24-46-22-20-41-8-4-10-43-26-34-54(50)59(46)56(41)43)28-32-53(49)58(52)45-18-16-40(17-19-45)51-31-25-47-23-21-42-9-5-11-44-27-35-55(51)60(47)57(42)44/h1-36H. The zero-order chi connectivity index (χ0) is 39.3. The van der Waals surface area contributed by atoms with Gasteiger partial charge < -0.3 is 0 Å². The fraction of sp³-hybridized carbons (Fsp3) is 0. The van der Waals surface area contributed by atoms with Crippen LogP contribution in [0.15, 0.2) is 218 Å². The topological polar surface area (TPSA) is 0 Å². The highest BCUT2D eigenvalue weighted by molar-refractivity contribution is 6.26. The second kappa shape index (κ2) is 12.9. The second-order valence-electron chi connectivity index (χ2n) is 16.4. The van der Waals surface area contributed by atoms with Crippen LogP contribution in [0.4, 0.5) is 0 Å². The van der Waals surface area contributed by atoms with Gasteiger partial charge in [0.15, 0.2) is 0 Å². The Labute approximate surface area is 347 Å². The first-order valence-corrected chi connectivity index (χ1v) is 20.9. The van der Waals surface area contributed by atoms with Gasteiger partial charge in [0.25, 0.3) is 0 Å². The first-order valence-electron chi connectivity index (χ1n) is 20.9. The quantitative estimate of drug-likeness (QED) is 0.153. The van der Waals surface area contributed by atoms with Gasteiger partial charge >= 0.3 is 0 Å². The van der Waals surface area contributed by atoms with Crippen LogP contribution in [0, 0.1) is 0 Å². The SMILES string of the molecule is c1ccc(-c2ccc3cc(-c4ccc(-c5ccc6ccc7cccc8ccc5c6c78)cc4)ccc3c2-c2ccc(-c3ccc4ccc5cccc6ccc3c4c56)cc2)cc1. The lowest BCUT2D eigenvalue weighted by Gasteiger charge is -2.17. The molecule has 13 aromatic carbocycles. The summed E-state index contributed by atoms with van der Waals surface area (Å²) >= 11 is 0. The monoisotopic (exact) mass is 756 g/mol. The molecule has 0 aromatic heterocycles. The van der Waals surface area contributed by atoms with Crippen LogP contribution in [-0.2, 0) is 0 Å². The number of fused-ring (bicyclic) bond motifs is 1. The van der Waals surface area contributed by atoms with Gasteiger partial charge in [-0.25, -0.2) is 0 Å². The predicted octanol–water partition coefficient (Wildman–Crippen LogP) is 17.0. The minimum Gasteiger partial charge on any atom is -0.0622 e. The van der Waals surface area contributed by atoms with Crippen molar-refractivity contribution < 1.29 is 0 Å². The molecule has 0 amide bonds. The molecular formula is C60H36. The van der Waals surface area contributed by atoms with E-state index >= 15 is 0 Å². The second-order valence-corrected chi connectivity index (χ2v) is 16.4. The fourth-order valence-corrected chi connectivity index (χ4v) is 10.3. The molecule has 0 saturated carbocycles. The van der Waals surface area contributed by atoms with Crippen LogP contribution in [0.25, 0.3) is 131 Å². The summed E-state index contributed by atoms with van der Waals surface area (Å²) in [5.41, 5.74) is 12.4. The van der Waals surface area contributed by atoms with Gasteiger partial charge in [-0.1, -0.05) is 212 Å². The molecule has 0 aliphatic rings. The van der Waals surface area contributed by atoms with E-state index in [1.165, 1.54) is 131 Å². The Balaban J connectivity index is 0.895. The van der Waals surface area contributed by atoms with Crippen LogP contribution >= 0.6 is 0 Å². The van der Waals surface area contributed by atoms with Crippen molar-refractivity contribution in [3.63, 3.8) is 0 Å². The summed E-state index contributed by atoms with van der Waals surface area (Å²) in [6.07, 6.45) is 0. The molecule has 13 aromatic rings. The largest absolute Gasteiger partial charge is 0.0622 e. The number of rotatable bonds is 5. The lowest BCUT2D eigenvalue weighted by Crippen LogP contribution is -1.90. The molecule has 0 radical (unpaired) electrons. The third-order valence-corrected chi connectivity index (χ3v) is 13.2. The highest BCUT2D eigenvalue weighted by Gasteiger charge is 2.17. The van der Waals surface area contributed by atoms with Gasteiger partial charge in [0.05, 0.1) is 0 Å². The van der Waals surface area contributed by atoms with Crippen molar-refractivity contribution in [1.29, 1.82) is 0 Å². The lowest BCUT2D eigenvalue weighted by atomic mass is 9.87. The van der Waals surface area contributed by atoms with Crippen molar-refractivity contribution in [2.75, 3.05) is 0 Å². The van der Waals surface area contributed by atoms with E-state index in [0.29, 0.717) is 0 Å². The molecule has 0 saturated heterocycles. The number of hydrogen-bond acceptors (Lipinski definition) is 0. The van der Waals surface area contributed by atoms with Crippen molar-refractivity contribution in [3.8, 4) is 55.6 Å². The normalized spacial score (nSPS) is 12.0. The zero-order valence-electron chi connectivity index (χ0n) is 32.8. The maximum absolute atomic E-state index is 2.36. The maximum Gasteiger partial charge on any atom is -0.00206 e. The number of hydrogen-bond donors (Lipinski definition) is 0. The molecule has 0 aliphatic heterocycles. The Hall–Kier alpha value is -7.80. The van der Waals surface area contributed by atoms with Crippen LogP contribution in [-0.4, -0.2) is 0 Å². The molecular weight excluding hydrogens is 721 g/mol. The molecule has 0 aliphatic carbocycles. The van der Waals surface area contributed by atoms with Crippen LogP contribution in [0.2, 0.25) is 0 Å². The number of benzene rings is 13. The zero-order valence-corrected chi connectivity index (χ0v) is 32.8. The average Bonchev–Trinajstić information content (AvgIpc) is 3.32. The maximum atomic E-state index is 2.36. The molecule has 0 heteroatoms. The van der Waals surface area contributed by atoms with Gasteiger partial charge in [0.2, 0.25) is 0 Å². The van der Waals surface area contributed by atoms with E-state index in [0.717, 1.165) is 0 Å². The Morgan fingerprint density at radius 2 is 0.567 bits per heavy atom. The van der Waals surface area contributed by atoms with Crippen molar-refractivity contribution in [3.05, 3.63) is 218 Å². The van der Waals surface area contributed by atoms with Crippen molar-refractivity contribution in [2.45, 2.75) is 0 Å². The summed E-state index contributed by atoms with van der Waals surface area (Å²) in [5, 5.41) is 18.3. The summed E-state index contributed by atoms with van der Waals surface area (Å²) in [6, 6.07) is 81.4. The first kappa shape index (κ1) is 33.2. The smallest absolute Gasteiger partial charge is 0.00206 e. The summed E-state index contributed by atoms with van der Waals surface area (Å²) in [4.78, 5) is 0. The van der Waals surface area contributed by atoms with Crippen molar-refractivity contribution in [2.24, 2.45) is 0 Å². The van der Waals surface area contributed by atoms with E-state index in [-0.39, 0.29) is 0 Å². The van der Waals surface area contributed by atoms with Gasteiger partial charge in [0, 0.05) is 0 Å². The molecule has 0 N–H and O–H groups in total. The van der Waals surface area contributed by atoms with Gasteiger partial charge in [-0.2, -0.15) is 0 Å². The predicted molar refractivity (Wildman–Crippen MR) is 259 cm³/mol. The summed E-state index contributed by atoms with van der Waals surface area (Å²) in [5.74, 6) is 0. The van der Waals surface area contributed by atoms with E-state index in [2.05, 4.69) is 218 Å². The minimum absolute atomic E-state index is 1.21. The van der Waals surface area contributed by atoms with Crippen LogP contribution in [0.1, 0.15) is 0 Å². The highest BCUT2D eigenvalue weighted by atomic mass is 14.2. The molecule has 0 spiro atoms. The van der Waals surface area contributed by atoms with Gasteiger partial charge in [-0.3, -0.25) is 0 Å². The average molecular weight is 757 g/mol. The lowest BCUT2D eigenvalue weighted by molar-refractivity contribution is 1.59. The molecule has 0 bridgehead atoms. The summed E-state index contributed by atoms with van der Waals surface area (Å²) < 4.78 is 0. The van der Waals surface area contributed by atoms with Crippen molar-refractivity contribution in [1.82, 2.24) is 0 Å². The van der Waals surface area contributed by atoms with E-state index in [1.54, 1.807) is 0 Å². The minimum atomic E-state index is 1.21. The van der Waals surface area contributed by atoms with E-state index in [9.17, 15) is 0 Å².